The average Bonchev–Trinajstić information content (AvgIpc) is 2.41. The molecule has 0 unspecified atom stereocenters. The topological polar surface area (TPSA) is 38.3 Å². The zero-order chi connectivity index (χ0) is 14.5. The summed E-state index contributed by atoms with van der Waals surface area (Å²) < 4.78 is 29.9. The maximum absolute atomic E-state index is 12.3. The summed E-state index contributed by atoms with van der Waals surface area (Å²) in [5.41, 5.74) is 0.647. The van der Waals surface area contributed by atoms with Crippen molar-refractivity contribution in [3.63, 3.8) is 0 Å². The summed E-state index contributed by atoms with van der Waals surface area (Å²) in [6, 6.07) is 13.0. The molecule has 0 saturated carbocycles. The number of para-hydroxylation sites is 2. The van der Waals surface area contributed by atoms with Gasteiger partial charge in [0.1, 0.15) is 5.75 Å². The van der Waals surface area contributed by atoms with Crippen molar-refractivity contribution in [2.75, 3.05) is 5.32 Å². The molecule has 6 heteroatoms. The maximum Gasteiger partial charge on any atom is 0.387 e. The molecule has 0 atom stereocenters. The number of hydrogen-bond acceptors (Lipinski definition) is 2. The van der Waals surface area contributed by atoms with Crippen LogP contribution in [0.5, 0.6) is 5.75 Å². The molecule has 1 amide bonds. The molecule has 0 heterocycles. The third kappa shape index (κ3) is 3.89. The van der Waals surface area contributed by atoms with Gasteiger partial charge in [0.2, 0.25) is 0 Å². The molecule has 0 aromatic heterocycles. The molecule has 0 spiro atoms. The van der Waals surface area contributed by atoms with Gasteiger partial charge in [0, 0.05) is 9.13 Å². The fourth-order valence-electron chi connectivity index (χ4n) is 1.56. The second-order valence-electron chi connectivity index (χ2n) is 3.84. The Hall–Kier alpha value is -1.70. The molecule has 0 bridgehead atoms. The van der Waals surface area contributed by atoms with Gasteiger partial charge in [-0.15, -0.1) is 0 Å². The van der Waals surface area contributed by atoms with Crippen LogP contribution in [-0.4, -0.2) is 12.5 Å². The van der Waals surface area contributed by atoms with Gasteiger partial charge in [0.05, 0.1) is 5.69 Å². The van der Waals surface area contributed by atoms with Crippen molar-refractivity contribution in [2.24, 2.45) is 0 Å². The minimum absolute atomic E-state index is 0.0682. The van der Waals surface area contributed by atoms with Gasteiger partial charge in [-0.3, -0.25) is 4.79 Å². The Labute approximate surface area is 128 Å². The van der Waals surface area contributed by atoms with E-state index in [4.69, 9.17) is 0 Å². The predicted molar refractivity (Wildman–Crippen MR) is 80.2 cm³/mol. The Bertz CT molecular complexity index is 602. The largest absolute Gasteiger partial charge is 0.433 e. The van der Waals surface area contributed by atoms with E-state index in [0.29, 0.717) is 5.56 Å². The lowest BCUT2D eigenvalue weighted by molar-refractivity contribution is -0.0493. The summed E-state index contributed by atoms with van der Waals surface area (Å²) in [7, 11) is 0. The number of rotatable bonds is 4. The first-order valence-corrected chi connectivity index (χ1v) is 6.75. The normalized spacial score (nSPS) is 10.4. The van der Waals surface area contributed by atoms with E-state index < -0.39 is 6.61 Å². The smallest absolute Gasteiger partial charge is 0.387 e. The van der Waals surface area contributed by atoms with Crippen molar-refractivity contribution in [3.8, 4) is 5.75 Å². The first-order chi connectivity index (χ1) is 9.56. The summed E-state index contributed by atoms with van der Waals surface area (Å²) in [5.74, 6) is -0.451. The van der Waals surface area contributed by atoms with Crippen LogP contribution in [-0.2, 0) is 0 Å². The van der Waals surface area contributed by atoms with Crippen molar-refractivity contribution >= 4 is 34.2 Å². The number of amides is 1. The van der Waals surface area contributed by atoms with Gasteiger partial charge >= 0.3 is 6.61 Å². The van der Waals surface area contributed by atoms with E-state index >= 15 is 0 Å². The lowest BCUT2D eigenvalue weighted by atomic mass is 10.2. The highest BCUT2D eigenvalue weighted by atomic mass is 127. The van der Waals surface area contributed by atoms with E-state index in [1.165, 1.54) is 12.1 Å². The number of anilines is 1. The van der Waals surface area contributed by atoms with Crippen LogP contribution in [0.3, 0.4) is 0 Å². The van der Waals surface area contributed by atoms with E-state index in [9.17, 15) is 13.6 Å². The van der Waals surface area contributed by atoms with Crippen LogP contribution >= 0.6 is 22.6 Å². The molecule has 104 valence electrons. The highest BCUT2D eigenvalue weighted by molar-refractivity contribution is 14.1. The number of ether oxygens (including phenoxy) is 1. The number of carbonyl (C=O) groups is 1. The van der Waals surface area contributed by atoms with Gasteiger partial charge in [-0.25, -0.2) is 0 Å². The van der Waals surface area contributed by atoms with Crippen molar-refractivity contribution in [1.29, 1.82) is 0 Å². The number of benzene rings is 2. The Morgan fingerprint density at radius 2 is 1.75 bits per heavy atom. The lowest BCUT2D eigenvalue weighted by Gasteiger charge is -2.11. The Morgan fingerprint density at radius 1 is 1.10 bits per heavy atom. The van der Waals surface area contributed by atoms with Crippen LogP contribution in [0.25, 0.3) is 0 Å². The Kier molecular flexibility index (Phi) is 4.89. The third-order valence-corrected chi connectivity index (χ3v) is 3.18. The number of halogens is 3. The number of hydrogen-bond donors (Lipinski definition) is 1. The Morgan fingerprint density at radius 3 is 2.40 bits per heavy atom. The minimum Gasteiger partial charge on any atom is -0.433 e. The highest BCUT2D eigenvalue weighted by Crippen LogP contribution is 2.26. The Balaban J connectivity index is 2.17. The van der Waals surface area contributed by atoms with Gasteiger partial charge in [0.15, 0.2) is 0 Å². The molecule has 0 aliphatic carbocycles. The molecule has 2 rings (SSSR count). The first-order valence-electron chi connectivity index (χ1n) is 5.67. The molecule has 0 fully saturated rings. The van der Waals surface area contributed by atoms with E-state index in [1.54, 1.807) is 36.4 Å². The second kappa shape index (κ2) is 6.65. The van der Waals surface area contributed by atoms with Gasteiger partial charge in [-0.2, -0.15) is 8.78 Å². The van der Waals surface area contributed by atoms with E-state index in [-0.39, 0.29) is 17.3 Å². The zero-order valence-electron chi connectivity index (χ0n) is 10.1. The number of alkyl halides is 2. The van der Waals surface area contributed by atoms with Gasteiger partial charge < -0.3 is 10.1 Å². The SMILES string of the molecule is O=C(Nc1ccccc1OC(F)F)c1ccc(I)cc1. The molecule has 0 aliphatic rings. The van der Waals surface area contributed by atoms with Crippen LogP contribution in [0.4, 0.5) is 14.5 Å². The van der Waals surface area contributed by atoms with Crippen LogP contribution in [0.15, 0.2) is 48.5 Å². The first kappa shape index (κ1) is 14.7. The number of nitrogens with one attached hydrogen (secondary N) is 1. The van der Waals surface area contributed by atoms with Gasteiger partial charge in [-0.1, -0.05) is 12.1 Å². The van der Waals surface area contributed by atoms with Crippen LogP contribution in [0, 0.1) is 3.57 Å². The summed E-state index contributed by atoms with van der Waals surface area (Å²) in [4.78, 5) is 12.0. The molecule has 2 aromatic carbocycles. The molecule has 3 nitrogen and oxygen atoms in total. The standard InChI is InChI=1S/C14H10F2INO2/c15-14(16)20-12-4-2-1-3-11(12)18-13(19)9-5-7-10(17)8-6-9/h1-8,14H,(H,18,19). The van der Waals surface area contributed by atoms with Crippen LogP contribution in [0.2, 0.25) is 0 Å². The van der Waals surface area contributed by atoms with Crippen molar-refractivity contribution in [1.82, 2.24) is 0 Å². The van der Waals surface area contributed by atoms with Crippen molar-refractivity contribution in [2.45, 2.75) is 6.61 Å². The fourth-order valence-corrected chi connectivity index (χ4v) is 1.92. The lowest BCUT2D eigenvalue weighted by Crippen LogP contribution is -2.13. The van der Waals surface area contributed by atoms with E-state index in [0.717, 1.165) is 3.57 Å². The summed E-state index contributed by atoms with van der Waals surface area (Å²) in [6.07, 6.45) is 0. The molecule has 20 heavy (non-hydrogen) atoms. The maximum atomic E-state index is 12.3. The van der Waals surface area contributed by atoms with Crippen molar-refractivity contribution < 1.29 is 18.3 Å². The molecular weight excluding hydrogens is 379 g/mol. The van der Waals surface area contributed by atoms with Gasteiger partial charge in [-0.05, 0) is 59.0 Å². The van der Waals surface area contributed by atoms with Crippen molar-refractivity contribution in [3.05, 3.63) is 57.7 Å². The van der Waals surface area contributed by atoms with E-state index in [1.807, 2.05) is 0 Å². The average molecular weight is 389 g/mol. The summed E-state index contributed by atoms with van der Waals surface area (Å²) in [5, 5.41) is 2.55. The summed E-state index contributed by atoms with van der Waals surface area (Å²) >= 11 is 2.13. The third-order valence-electron chi connectivity index (χ3n) is 2.46. The number of carbonyl (C=O) groups excluding carboxylic acids is 1. The molecule has 0 saturated heterocycles. The zero-order valence-corrected chi connectivity index (χ0v) is 12.3. The second-order valence-corrected chi connectivity index (χ2v) is 5.08. The van der Waals surface area contributed by atoms with Gasteiger partial charge in [0.25, 0.3) is 5.91 Å². The molecule has 1 N–H and O–H groups in total. The quantitative estimate of drug-likeness (QED) is 0.799. The molecule has 0 aliphatic heterocycles. The van der Waals surface area contributed by atoms with E-state index in [2.05, 4.69) is 32.6 Å². The minimum atomic E-state index is -2.94. The highest BCUT2D eigenvalue weighted by Gasteiger charge is 2.12. The van der Waals surface area contributed by atoms with Crippen LogP contribution in [0.1, 0.15) is 10.4 Å². The predicted octanol–water partition coefficient (Wildman–Crippen LogP) is 4.14. The molecular formula is C14H10F2INO2. The summed E-state index contributed by atoms with van der Waals surface area (Å²) in [6.45, 7) is -2.94. The fraction of sp³-hybridized carbons (Fsp3) is 0.0714. The van der Waals surface area contributed by atoms with Crippen LogP contribution < -0.4 is 10.1 Å². The molecule has 2 aromatic rings. The monoisotopic (exact) mass is 389 g/mol. The molecule has 0 radical (unpaired) electrons.